The van der Waals surface area contributed by atoms with Crippen LogP contribution in [0.25, 0.3) is 0 Å². The average Bonchev–Trinajstić information content (AvgIpc) is 2.34. The first kappa shape index (κ1) is 13.5. The predicted molar refractivity (Wildman–Crippen MR) is 75.1 cm³/mol. The second kappa shape index (κ2) is 5.79. The lowest BCUT2D eigenvalue weighted by atomic mass is 10.2. The number of ether oxygens (including phenoxy) is 1. The van der Waals surface area contributed by atoms with E-state index in [2.05, 4.69) is 4.98 Å². The molecular weight excluding hydrogens is 293 g/mol. The Bertz CT molecular complexity index is 572. The van der Waals surface area contributed by atoms with Gasteiger partial charge in [-0.15, -0.1) is 11.6 Å². The van der Waals surface area contributed by atoms with E-state index in [1.807, 2.05) is 13.0 Å². The van der Waals surface area contributed by atoms with E-state index in [1.165, 1.54) is 0 Å². The summed E-state index contributed by atoms with van der Waals surface area (Å²) >= 11 is 17.6. The second-order valence-corrected chi connectivity index (χ2v) is 4.83. The highest BCUT2D eigenvalue weighted by Gasteiger charge is 2.07. The van der Waals surface area contributed by atoms with Gasteiger partial charge in [-0.3, -0.25) is 4.98 Å². The van der Waals surface area contributed by atoms with Crippen molar-refractivity contribution in [1.29, 1.82) is 0 Å². The molecule has 1 aromatic heterocycles. The van der Waals surface area contributed by atoms with Crippen LogP contribution in [0, 0.1) is 6.92 Å². The van der Waals surface area contributed by atoms with E-state index in [4.69, 9.17) is 39.5 Å². The first-order valence-electron chi connectivity index (χ1n) is 5.24. The van der Waals surface area contributed by atoms with Crippen LogP contribution in [0.1, 0.15) is 11.3 Å². The highest BCUT2D eigenvalue weighted by atomic mass is 35.5. The van der Waals surface area contributed by atoms with Crippen LogP contribution >= 0.6 is 34.8 Å². The van der Waals surface area contributed by atoms with Gasteiger partial charge in [0.05, 0.1) is 15.9 Å². The molecule has 0 radical (unpaired) electrons. The molecule has 0 aliphatic rings. The van der Waals surface area contributed by atoms with Gasteiger partial charge in [-0.25, -0.2) is 0 Å². The van der Waals surface area contributed by atoms with Gasteiger partial charge in [0.15, 0.2) is 0 Å². The largest absolute Gasteiger partial charge is 0.457 e. The molecule has 5 heteroatoms. The first-order valence-corrected chi connectivity index (χ1v) is 6.53. The summed E-state index contributed by atoms with van der Waals surface area (Å²) in [6.45, 7) is 1.89. The van der Waals surface area contributed by atoms with Gasteiger partial charge >= 0.3 is 0 Å². The van der Waals surface area contributed by atoms with Gasteiger partial charge < -0.3 is 4.74 Å². The van der Waals surface area contributed by atoms with Crippen molar-refractivity contribution in [3.8, 4) is 11.5 Å². The zero-order valence-corrected chi connectivity index (χ0v) is 11.9. The Kier molecular flexibility index (Phi) is 4.33. The summed E-state index contributed by atoms with van der Waals surface area (Å²) in [4.78, 5) is 4.17. The van der Waals surface area contributed by atoms with Gasteiger partial charge in [0.25, 0.3) is 0 Å². The number of aryl methyl sites for hydroxylation is 1. The van der Waals surface area contributed by atoms with Crippen molar-refractivity contribution in [1.82, 2.24) is 4.98 Å². The second-order valence-electron chi connectivity index (χ2n) is 3.75. The van der Waals surface area contributed by atoms with E-state index in [1.54, 1.807) is 24.4 Å². The molecule has 0 atom stereocenters. The molecular formula is C13H10Cl3NO. The smallest absolute Gasteiger partial charge is 0.135 e. The van der Waals surface area contributed by atoms with Gasteiger partial charge in [0.1, 0.15) is 11.5 Å². The van der Waals surface area contributed by atoms with Crippen LogP contribution in [0.5, 0.6) is 11.5 Å². The standard InChI is InChI=1S/C13H10Cl3NO/c1-8-4-13(9(6-14)7-17-8)18-10-2-3-11(15)12(16)5-10/h2-5,7H,6H2,1H3. The van der Waals surface area contributed by atoms with Crippen LogP contribution in [0.3, 0.4) is 0 Å². The molecule has 0 saturated heterocycles. The van der Waals surface area contributed by atoms with Crippen molar-refractivity contribution in [2.75, 3.05) is 0 Å². The lowest BCUT2D eigenvalue weighted by Gasteiger charge is -2.10. The molecule has 0 aliphatic carbocycles. The zero-order valence-electron chi connectivity index (χ0n) is 9.58. The molecule has 0 fully saturated rings. The SMILES string of the molecule is Cc1cc(Oc2ccc(Cl)c(Cl)c2)c(CCl)cn1. The fourth-order valence-corrected chi connectivity index (χ4v) is 1.91. The Balaban J connectivity index is 2.33. The highest BCUT2D eigenvalue weighted by Crippen LogP contribution is 2.31. The van der Waals surface area contributed by atoms with Crippen molar-refractivity contribution in [3.05, 3.63) is 51.8 Å². The van der Waals surface area contributed by atoms with Gasteiger partial charge in [-0.2, -0.15) is 0 Å². The third-order valence-electron chi connectivity index (χ3n) is 2.34. The lowest BCUT2D eigenvalue weighted by molar-refractivity contribution is 0.477. The van der Waals surface area contributed by atoms with Crippen LogP contribution in [0.4, 0.5) is 0 Å². The van der Waals surface area contributed by atoms with Gasteiger partial charge in [0.2, 0.25) is 0 Å². The van der Waals surface area contributed by atoms with Crippen LogP contribution in [-0.4, -0.2) is 4.98 Å². The number of rotatable bonds is 3. The summed E-state index contributed by atoms with van der Waals surface area (Å²) in [5.74, 6) is 1.63. The summed E-state index contributed by atoms with van der Waals surface area (Å²) in [6, 6.07) is 6.94. The van der Waals surface area contributed by atoms with Crippen molar-refractivity contribution >= 4 is 34.8 Å². The number of hydrogen-bond acceptors (Lipinski definition) is 2. The molecule has 0 saturated carbocycles. The lowest BCUT2D eigenvalue weighted by Crippen LogP contribution is -1.93. The minimum absolute atomic E-state index is 0.337. The number of nitrogens with zero attached hydrogens (tertiary/aromatic N) is 1. The number of alkyl halides is 1. The molecule has 1 heterocycles. The van der Waals surface area contributed by atoms with E-state index in [9.17, 15) is 0 Å². The molecule has 2 rings (SSSR count). The Labute approximate surface area is 120 Å². The van der Waals surface area contributed by atoms with Crippen LogP contribution in [0.15, 0.2) is 30.5 Å². The Morgan fingerprint density at radius 3 is 2.61 bits per heavy atom. The maximum absolute atomic E-state index is 5.93. The highest BCUT2D eigenvalue weighted by molar-refractivity contribution is 6.42. The molecule has 0 amide bonds. The maximum Gasteiger partial charge on any atom is 0.135 e. The normalized spacial score (nSPS) is 10.4. The summed E-state index contributed by atoms with van der Waals surface area (Å²) < 4.78 is 5.75. The maximum atomic E-state index is 5.93. The van der Waals surface area contributed by atoms with E-state index in [0.717, 1.165) is 11.3 Å². The molecule has 2 aromatic rings. The number of hydrogen-bond donors (Lipinski definition) is 0. The molecule has 18 heavy (non-hydrogen) atoms. The zero-order chi connectivity index (χ0) is 13.1. The number of pyridine rings is 1. The number of benzene rings is 1. The van der Waals surface area contributed by atoms with Crippen molar-refractivity contribution in [2.45, 2.75) is 12.8 Å². The summed E-state index contributed by atoms with van der Waals surface area (Å²) in [5.41, 5.74) is 1.69. The predicted octanol–water partition coefficient (Wildman–Crippen LogP) is 5.23. The van der Waals surface area contributed by atoms with Crippen LogP contribution in [0.2, 0.25) is 10.0 Å². The van der Waals surface area contributed by atoms with E-state index in [0.29, 0.717) is 27.4 Å². The van der Waals surface area contributed by atoms with Gasteiger partial charge in [0, 0.05) is 29.6 Å². The van der Waals surface area contributed by atoms with Crippen molar-refractivity contribution < 1.29 is 4.74 Å². The fourth-order valence-electron chi connectivity index (χ4n) is 1.43. The van der Waals surface area contributed by atoms with Crippen molar-refractivity contribution in [3.63, 3.8) is 0 Å². The summed E-state index contributed by atoms with van der Waals surface area (Å²) in [5, 5.41) is 0.944. The van der Waals surface area contributed by atoms with Gasteiger partial charge in [-0.1, -0.05) is 23.2 Å². The Morgan fingerprint density at radius 1 is 1.17 bits per heavy atom. The number of halogens is 3. The molecule has 0 aliphatic heterocycles. The molecule has 94 valence electrons. The molecule has 0 unspecified atom stereocenters. The molecule has 0 N–H and O–H groups in total. The first-order chi connectivity index (χ1) is 8.60. The van der Waals surface area contributed by atoms with E-state index in [-0.39, 0.29) is 0 Å². The third-order valence-corrected chi connectivity index (χ3v) is 3.37. The fraction of sp³-hybridized carbons (Fsp3) is 0.154. The third kappa shape index (κ3) is 3.08. The van der Waals surface area contributed by atoms with E-state index >= 15 is 0 Å². The van der Waals surface area contributed by atoms with Crippen LogP contribution in [-0.2, 0) is 5.88 Å². The molecule has 1 aromatic carbocycles. The van der Waals surface area contributed by atoms with Gasteiger partial charge in [-0.05, 0) is 19.1 Å². The minimum Gasteiger partial charge on any atom is -0.457 e. The average molecular weight is 303 g/mol. The summed E-state index contributed by atoms with van der Waals surface area (Å²) in [7, 11) is 0. The van der Waals surface area contributed by atoms with Crippen molar-refractivity contribution in [2.24, 2.45) is 0 Å². The quantitative estimate of drug-likeness (QED) is 0.724. The number of aromatic nitrogens is 1. The molecule has 2 nitrogen and oxygen atoms in total. The summed E-state index contributed by atoms with van der Waals surface area (Å²) in [6.07, 6.45) is 1.70. The van der Waals surface area contributed by atoms with Crippen LogP contribution < -0.4 is 4.74 Å². The Morgan fingerprint density at radius 2 is 1.94 bits per heavy atom. The minimum atomic E-state index is 0.337. The topological polar surface area (TPSA) is 22.1 Å². The van der Waals surface area contributed by atoms with E-state index < -0.39 is 0 Å². The monoisotopic (exact) mass is 301 g/mol. The molecule has 0 spiro atoms. The molecule has 0 bridgehead atoms. The Hall–Kier alpha value is -0.960.